The van der Waals surface area contributed by atoms with Gasteiger partial charge in [0, 0.05) is 6.42 Å². The highest BCUT2D eigenvalue weighted by atomic mass is 19.1. The lowest BCUT2D eigenvalue weighted by atomic mass is 10.1. The quantitative estimate of drug-likeness (QED) is 0.454. The molecule has 0 spiro atoms. The van der Waals surface area contributed by atoms with Crippen LogP contribution >= 0.6 is 0 Å². The lowest BCUT2D eigenvalue weighted by molar-refractivity contribution is -0.440. The minimum atomic E-state index is -2.30. The van der Waals surface area contributed by atoms with E-state index in [9.17, 15) is 24.2 Å². The van der Waals surface area contributed by atoms with Crippen LogP contribution in [0.5, 0.6) is 0 Å². The fraction of sp³-hybridized carbons (Fsp3) is 0.600. The van der Waals surface area contributed by atoms with Crippen molar-refractivity contribution in [2.45, 2.75) is 18.6 Å². The van der Waals surface area contributed by atoms with Crippen molar-refractivity contribution >= 4 is 11.9 Å². The lowest BCUT2D eigenvalue weighted by Gasteiger charge is -2.12. The fourth-order valence-electron chi connectivity index (χ4n) is 0.442. The molecule has 0 rings (SSSR count). The first-order valence-electron chi connectivity index (χ1n) is 2.84. The molecular formula is C5H7FNO4-. The van der Waals surface area contributed by atoms with E-state index in [1.807, 2.05) is 0 Å². The first-order chi connectivity index (χ1) is 4.95. The van der Waals surface area contributed by atoms with Gasteiger partial charge < -0.3 is 25.5 Å². The maximum absolute atomic E-state index is 12.1. The van der Waals surface area contributed by atoms with Crippen LogP contribution < -0.4 is 15.9 Å². The van der Waals surface area contributed by atoms with Gasteiger partial charge in [-0.25, -0.2) is 4.39 Å². The monoisotopic (exact) mass is 164 g/mol. The van der Waals surface area contributed by atoms with Crippen LogP contribution in [0, 0.1) is 0 Å². The third kappa shape index (κ3) is 3.51. The van der Waals surface area contributed by atoms with Crippen molar-refractivity contribution in [1.29, 1.82) is 0 Å². The van der Waals surface area contributed by atoms with Gasteiger partial charge in [0.05, 0.1) is 11.9 Å². The minimum absolute atomic E-state index is 0.718. The number of halogens is 1. The van der Waals surface area contributed by atoms with Crippen LogP contribution in [0.1, 0.15) is 6.42 Å². The Morgan fingerprint density at radius 3 is 2.09 bits per heavy atom. The predicted octanol–water partition coefficient (Wildman–Crippen LogP) is -4.18. The summed E-state index contributed by atoms with van der Waals surface area (Å²) in [4.78, 5) is 19.6. The highest BCUT2D eigenvalue weighted by Crippen LogP contribution is 1.97. The van der Waals surface area contributed by atoms with Gasteiger partial charge in [0.1, 0.15) is 12.2 Å². The maximum Gasteiger partial charge on any atom is 0.145 e. The van der Waals surface area contributed by atoms with E-state index in [0.717, 1.165) is 0 Å². The van der Waals surface area contributed by atoms with Gasteiger partial charge in [-0.15, -0.1) is 0 Å². The maximum atomic E-state index is 12.1. The van der Waals surface area contributed by atoms with Crippen LogP contribution in [0.25, 0.3) is 0 Å². The molecule has 0 aliphatic heterocycles. The van der Waals surface area contributed by atoms with E-state index >= 15 is 0 Å². The summed E-state index contributed by atoms with van der Waals surface area (Å²) < 4.78 is 12.1. The van der Waals surface area contributed by atoms with Gasteiger partial charge >= 0.3 is 0 Å². The lowest BCUT2D eigenvalue weighted by Crippen LogP contribution is -2.69. The Balaban J connectivity index is 3.84. The van der Waals surface area contributed by atoms with Crippen molar-refractivity contribution in [1.82, 2.24) is 0 Å². The number of carboxylic acid groups (broad SMARTS) is 2. The Labute approximate surface area is 61.6 Å². The van der Waals surface area contributed by atoms with Crippen LogP contribution in [0.2, 0.25) is 0 Å². The third-order valence-corrected chi connectivity index (χ3v) is 1.08. The summed E-state index contributed by atoms with van der Waals surface area (Å²) in [6.07, 6.45) is -3.01. The van der Waals surface area contributed by atoms with Crippen LogP contribution in [0.4, 0.5) is 4.39 Å². The number of quaternary nitrogens is 1. The summed E-state index contributed by atoms with van der Waals surface area (Å²) in [6.45, 7) is 0. The van der Waals surface area contributed by atoms with Crippen molar-refractivity contribution in [3.63, 3.8) is 0 Å². The standard InChI is InChI=1S/C5H8FNO4/c6-2(4(8)9)1-3(7)5(10)11/h2-3H,1,7H2,(H,8,9)(H,10,11)/p-1/t2-,3-/m1/s1. The second-order valence-corrected chi connectivity index (χ2v) is 2.04. The molecule has 0 bridgehead atoms. The second kappa shape index (κ2) is 3.87. The molecule has 0 aromatic carbocycles. The van der Waals surface area contributed by atoms with Crippen LogP contribution in [0.15, 0.2) is 0 Å². The molecule has 0 fully saturated rings. The van der Waals surface area contributed by atoms with Gasteiger partial charge in [-0.1, -0.05) is 0 Å². The zero-order chi connectivity index (χ0) is 9.02. The Morgan fingerprint density at radius 2 is 1.82 bits per heavy atom. The molecule has 0 aliphatic rings. The molecule has 0 unspecified atom stereocenters. The molecule has 0 amide bonds. The molecule has 5 nitrogen and oxygen atoms in total. The van der Waals surface area contributed by atoms with Crippen molar-refractivity contribution < 1.29 is 29.9 Å². The molecule has 6 heteroatoms. The second-order valence-electron chi connectivity index (χ2n) is 2.04. The van der Waals surface area contributed by atoms with Crippen molar-refractivity contribution in [3.8, 4) is 0 Å². The summed E-state index contributed by atoms with van der Waals surface area (Å²) >= 11 is 0. The van der Waals surface area contributed by atoms with Gasteiger partial charge in [0.25, 0.3) is 0 Å². The van der Waals surface area contributed by atoms with E-state index < -0.39 is 30.6 Å². The van der Waals surface area contributed by atoms with Gasteiger partial charge in [-0.2, -0.15) is 0 Å². The summed E-state index contributed by atoms with van der Waals surface area (Å²) in [7, 11) is 0. The van der Waals surface area contributed by atoms with Gasteiger partial charge in [-0.05, 0) is 0 Å². The molecule has 3 N–H and O–H groups in total. The molecule has 0 saturated heterocycles. The number of hydrogen-bond donors (Lipinski definition) is 1. The van der Waals surface area contributed by atoms with Crippen LogP contribution in [0.3, 0.4) is 0 Å². The zero-order valence-corrected chi connectivity index (χ0v) is 5.58. The zero-order valence-electron chi connectivity index (χ0n) is 5.58. The summed E-state index contributed by atoms with van der Waals surface area (Å²) in [6, 6.07) is -1.36. The van der Waals surface area contributed by atoms with Crippen molar-refractivity contribution in [2.24, 2.45) is 0 Å². The Kier molecular flexibility index (Phi) is 3.46. The first-order valence-corrected chi connectivity index (χ1v) is 2.84. The molecule has 11 heavy (non-hydrogen) atoms. The fourth-order valence-corrected chi connectivity index (χ4v) is 0.442. The third-order valence-electron chi connectivity index (χ3n) is 1.08. The molecule has 0 aliphatic carbocycles. The molecule has 2 atom stereocenters. The van der Waals surface area contributed by atoms with Crippen molar-refractivity contribution in [2.75, 3.05) is 0 Å². The number of aliphatic carboxylic acids is 2. The molecule has 0 radical (unpaired) electrons. The van der Waals surface area contributed by atoms with Crippen LogP contribution in [-0.4, -0.2) is 24.2 Å². The molecule has 0 heterocycles. The largest absolute Gasteiger partial charge is 0.547 e. The smallest absolute Gasteiger partial charge is 0.145 e. The Hall–Kier alpha value is -1.17. The number of carbonyl (C=O) groups is 2. The molecular weight excluding hydrogens is 157 g/mol. The highest BCUT2D eigenvalue weighted by molar-refractivity contribution is 5.73. The Morgan fingerprint density at radius 1 is 1.36 bits per heavy atom. The summed E-state index contributed by atoms with van der Waals surface area (Å²) in [5, 5.41) is 19.6. The van der Waals surface area contributed by atoms with E-state index in [0.29, 0.717) is 0 Å². The molecule has 0 saturated carbocycles. The predicted molar refractivity (Wildman–Crippen MR) is 26.2 cm³/mol. The van der Waals surface area contributed by atoms with Gasteiger partial charge in [0.15, 0.2) is 0 Å². The highest BCUT2D eigenvalue weighted by Gasteiger charge is 2.16. The number of hydrogen-bond acceptors (Lipinski definition) is 4. The van der Waals surface area contributed by atoms with E-state index in [2.05, 4.69) is 5.73 Å². The average molecular weight is 164 g/mol. The SMILES string of the molecule is [NH3+][C@H](C[C@@H](F)C(=O)[O-])C(=O)[O-]. The van der Waals surface area contributed by atoms with Gasteiger partial charge in [0.2, 0.25) is 0 Å². The van der Waals surface area contributed by atoms with Crippen LogP contribution in [-0.2, 0) is 9.59 Å². The van der Waals surface area contributed by atoms with Crippen molar-refractivity contribution in [3.05, 3.63) is 0 Å². The summed E-state index contributed by atoms with van der Waals surface area (Å²) in [5.74, 6) is -3.51. The number of alkyl halides is 1. The normalized spacial score (nSPS) is 15.5. The molecule has 0 aromatic heterocycles. The van der Waals surface area contributed by atoms with Gasteiger partial charge in [-0.3, -0.25) is 0 Å². The Bertz CT molecular complexity index is 154. The van der Waals surface area contributed by atoms with E-state index in [1.165, 1.54) is 0 Å². The minimum Gasteiger partial charge on any atom is -0.547 e. The summed E-state index contributed by atoms with van der Waals surface area (Å²) in [5.41, 5.74) is 2.97. The topological polar surface area (TPSA) is 108 Å². The first kappa shape index (κ1) is 9.83. The number of rotatable bonds is 4. The van der Waals surface area contributed by atoms with E-state index in [4.69, 9.17) is 0 Å². The number of carboxylic acids is 2. The average Bonchev–Trinajstić information content (AvgIpc) is 1.87. The van der Waals surface area contributed by atoms with E-state index in [1.54, 1.807) is 0 Å². The molecule has 0 aromatic rings. The van der Waals surface area contributed by atoms with E-state index in [-0.39, 0.29) is 0 Å². The number of carbonyl (C=O) groups excluding carboxylic acids is 2. The molecule has 64 valence electrons.